The number of anilines is 1. The minimum atomic E-state index is -0.742. The largest absolute Gasteiger partial charge is 0.508 e. The first-order chi connectivity index (χ1) is 14.8. The van der Waals surface area contributed by atoms with Gasteiger partial charge in [0, 0.05) is 27.4 Å². The summed E-state index contributed by atoms with van der Waals surface area (Å²) >= 11 is 3.35. The molecule has 0 bridgehead atoms. The zero-order valence-electron chi connectivity index (χ0n) is 16.8. The number of ether oxygens (including phenoxy) is 1. The molecule has 0 fully saturated rings. The Labute approximate surface area is 188 Å². The molecule has 0 aromatic heterocycles. The Bertz CT molecular complexity index is 959. The van der Waals surface area contributed by atoms with E-state index in [2.05, 4.69) is 21.2 Å². The van der Waals surface area contributed by atoms with E-state index in [1.54, 1.807) is 42.5 Å². The molecular weight excluding hydrogens is 468 g/mol. The van der Waals surface area contributed by atoms with Gasteiger partial charge < -0.3 is 9.84 Å². The van der Waals surface area contributed by atoms with E-state index in [-0.39, 0.29) is 11.5 Å². The number of hydroxylamine groups is 1. The van der Waals surface area contributed by atoms with Gasteiger partial charge >= 0.3 is 6.09 Å². The van der Waals surface area contributed by atoms with Crippen LogP contribution in [0.1, 0.15) is 48.2 Å². The van der Waals surface area contributed by atoms with Gasteiger partial charge in [0.05, 0.1) is 0 Å². The Morgan fingerprint density at radius 3 is 2.52 bits per heavy atom. The number of phenolic OH excluding ortho intramolecular Hbond substituents is 1. The van der Waals surface area contributed by atoms with Gasteiger partial charge in [0.1, 0.15) is 11.9 Å². The molecule has 0 aliphatic heterocycles. The molecule has 1 atom stereocenters. The summed E-state index contributed by atoms with van der Waals surface area (Å²) < 4.78 is 6.28. The number of amides is 2. The molecule has 0 spiro atoms. The molecule has 31 heavy (non-hydrogen) atoms. The second kappa shape index (κ2) is 11.9. The maximum atomic E-state index is 12.4. The summed E-state index contributed by atoms with van der Waals surface area (Å²) in [7, 11) is 0. The molecule has 0 saturated heterocycles. The predicted octanol–water partition coefficient (Wildman–Crippen LogP) is 4.88. The highest BCUT2D eigenvalue weighted by molar-refractivity contribution is 9.10. The number of aromatic hydroxyl groups is 1. The number of hydrogen-bond acceptors (Lipinski definition) is 6. The van der Waals surface area contributed by atoms with Crippen molar-refractivity contribution in [3.05, 3.63) is 70.2 Å². The first-order valence-electron chi connectivity index (χ1n) is 9.47. The summed E-state index contributed by atoms with van der Waals surface area (Å²) in [5, 5.41) is 21.3. The highest BCUT2D eigenvalue weighted by atomic mass is 79.9. The van der Waals surface area contributed by atoms with E-state index in [9.17, 15) is 19.5 Å². The van der Waals surface area contributed by atoms with Crippen LogP contribution in [0.3, 0.4) is 0 Å². The summed E-state index contributed by atoms with van der Waals surface area (Å²) in [6, 6.07) is 11.2. The first-order valence-corrected chi connectivity index (χ1v) is 10.3. The topological polar surface area (TPSA) is 125 Å². The molecule has 164 valence electrons. The Morgan fingerprint density at radius 2 is 1.87 bits per heavy atom. The van der Waals surface area contributed by atoms with E-state index >= 15 is 0 Å². The summed E-state index contributed by atoms with van der Waals surface area (Å²) in [5.41, 5.74) is 2.93. The zero-order valence-corrected chi connectivity index (χ0v) is 18.4. The summed E-state index contributed by atoms with van der Waals surface area (Å²) in [6.07, 6.45) is 2.75. The standard InChI is InChI=1S/C22H23BrN2O6/c1-14(26)15-7-10-17(11-8-15)24-22(29)31-20(5-3-2-4-6-21(28)25-30)18-13-16(23)9-12-19(18)27/h4,6-13,20,27,30H,2-3,5H2,1H3,(H,24,29)(H,25,28)/b6-4+/t20-/m1/s1. The summed E-state index contributed by atoms with van der Waals surface area (Å²) in [6.45, 7) is 1.46. The normalized spacial score (nSPS) is 11.7. The summed E-state index contributed by atoms with van der Waals surface area (Å²) in [4.78, 5) is 34.8. The van der Waals surface area contributed by atoms with Gasteiger partial charge in [0.15, 0.2) is 5.78 Å². The van der Waals surface area contributed by atoms with Crippen LogP contribution >= 0.6 is 15.9 Å². The Hall–Kier alpha value is -3.17. The lowest BCUT2D eigenvalue weighted by molar-refractivity contribution is -0.124. The molecule has 0 saturated carbocycles. The van der Waals surface area contributed by atoms with E-state index in [4.69, 9.17) is 9.94 Å². The number of unbranched alkanes of at least 4 members (excludes halogenated alkanes) is 1. The van der Waals surface area contributed by atoms with Crippen LogP contribution in [-0.2, 0) is 9.53 Å². The van der Waals surface area contributed by atoms with E-state index in [1.165, 1.54) is 24.5 Å². The van der Waals surface area contributed by atoms with E-state index in [0.717, 1.165) is 0 Å². The third-order valence-corrected chi connectivity index (χ3v) is 4.83. The quantitative estimate of drug-likeness (QED) is 0.130. The first kappa shape index (κ1) is 24.1. The van der Waals surface area contributed by atoms with Gasteiger partial charge in [-0.05, 0) is 68.7 Å². The Kier molecular flexibility index (Phi) is 9.23. The highest BCUT2D eigenvalue weighted by Crippen LogP contribution is 2.33. The number of hydrogen-bond donors (Lipinski definition) is 4. The van der Waals surface area contributed by atoms with Crippen molar-refractivity contribution in [2.45, 2.75) is 32.3 Å². The molecule has 0 heterocycles. The molecule has 4 N–H and O–H groups in total. The minimum Gasteiger partial charge on any atom is -0.508 e. The maximum Gasteiger partial charge on any atom is 0.412 e. The van der Waals surface area contributed by atoms with E-state index in [1.807, 2.05) is 0 Å². The monoisotopic (exact) mass is 490 g/mol. The van der Waals surface area contributed by atoms with Crippen LogP contribution in [0.4, 0.5) is 10.5 Å². The van der Waals surface area contributed by atoms with Crippen LogP contribution in [-0.4, -0.2) is 28.1 Å². The zero-order chi connectivity index (χ0) is 22.8. The van der Waals surface area contributed by atoms with Crippen LogP contribution < -0.4 is 10.8 Å². The van der Waals surface area contributed by atoms with Crippen LogP contribution in [0.15, 0.2) is 59.1 Å². The molecule has 0 radical (unpaired) electrons. The number of Topliss-reactive ketones (excluding diaryl/α,β-unsaturated/α-hetero) is 1. The average Bonchev–Trinajstić information content (AvgIpc) is 2.74. The number of carbonyl (C=O) groups excluding carboxylic acids is 3. The van der Waals surface area contributed by atoms with Crippen molar-refractivity contribution < 1.29 is 29.4 Å². The van der Waals surface area contributed by atoms with Gasteiger partial charge in [0.2, 0.25) is 0 Å². The molecule has 0 unspecified atom stereocenters. The van der Waals surface area contributed by atoms with E-state index < -0.39 is 18.1 Å². The fraction of sp³-hybridized carbons (Fsp3) is 0.227. The molecule has 9 heteroatoms. The molecule has 2 rings (SSSR count). The molecule has 2 amide bonds. The number of allylic oxidation sites excluding steroid dienone is 1. The van der Waals surface area contributed by atoms with Crippen molar-refractivity contribution in [2.24, 2.45) is 0 Å². The number of benzene rings is 2. The van der Waals surface area contributed by atoms with E-state index in [0.29, 0.717) is 40.5 Å². The van der Waals surface area contributed by atoms with Crippen LogP contribution in [0.5, 0.6) is 5.75 Å². The second-order valence-corrected chi connectivity index (χ2v) is 7.58. The lowest BCUT2D eigenvalue weighted by atomic mass is 10.0. The van der Waals surface area contributed by atoms with Crippen LogP contribution in [0, 0.1) is 0 Å². The predicted molar refractivity (Wildman–Crippen MR) is 118 cm³/mol. The third kappa shape index (κ3) is 7.88. The van der Waals surface area contributed by atoms with Gasteiger partial charge in [0.25, 0.3) is 5.91 Å². The van der Waals surface area contributed by atoms with Gasteiger partial charge in [-0.2, -0.15) is 0 Å². The minimum absolute atomic E-state index is 0.0120. The number of phenols is 1. The SMILES string of the molecule is CC(=O)c1ccc(NC(=O)O[C@H](CCC/C=C/C(=O)NO)c2cc(Br)ccc2O)cc1. The van der Waals surface area contributed by atoms with Gasteiger partial charge in [-0.15, -0.1) is 0 Å². The number of carbonyl (C=O) groups is 3. The van der Waals surface area contributed by atoms with Crippen molar-refractivity contribution in [2.75, 3.05) is 5.32 Å². The van der Waals surface area contributed by atoms with Crippen molar-refractivity contribution in [3.63, 3.8) is 0 Å². The smallest absolute Gasteiger partial charge is 0.412 e. The lowest BCUT2D eigenvalue weighted by Crippen LogP contribution is -2.18. The Morgan fingerprint density at radius 1 is 1.16 bits per heavy atom. The van der Waals surface area contributed by atoms with Crippen molar-refractivity contribution in [1.29, 1.82) is 0 Å². The van der Waals surface area contributed by atoms with Crippen molar-refractivity contribution in [3.8, 4) is 5.75 Å². The molecule has 0 aliphatic rings. The molecule has 8 nitrogen and oxygen atoms in total. The number of ketones is 1. The Balaban J connectivity index is 2.07. The molecule has 0 aliphatic carbocycles. The fourth-order valence-electron chi connectivity index (χ4n) is 2.77. The van der Waals surface area contributed by atoms with Crippen LogP contribution in [0.2, 0.25) is 0 Å². The fourth-order valence-corrected chi connectivity index (χ4v) is 3.15. The van der Waals surface area contributed by atoms with Crippen molar-refractivity contribution >= 4 is 39.4 Å². The number of rotatable bonds is 9. The van der Waals surface area contributed by atoms with Crippen molar-refractivity contribution in [1.82, 2.24) is 5.48 Å². The number of nitrogens with one attached hydrogen (secondary N) is 2. The molecular formula is C22H23BrN2O6. The molecule has 2 aromatic rings. The molecule has 2 aromatic carbocycles. The lowest BCUT2D eigenvalue weighted by Gasteiger charge is -2.20. The van der Waals surface area contributed by atoms with Crippen LogP contribution in [0.25, 0.3) is 0 Å². The third-order valence-electron chi connectivity index (χ3n) is 4.34. The van der Waals surface area contributed by atoms with Gasteiger partial charge in [-0.25, -0.2) is 10.3 Å². The average molecular weight is 491 g/mol. The number of halogens is 1. The second-order valence-electron chi connectivity index (χ2n) is 6.66. The highest BCUT2D eigenvalue weighted by Gasteiger charge is 2.20. The summed E-state index contributed by atoms with van der Waals surface area (Å²) in [5.74, 6) is -0.723. The van der Waals surface area contributed by atoms with Gasteiger partial charge in [-0.3, -0.25) is 20.1 Å². The maximum absolute atomic E-state index is 12.4. The van der Waals surface area contributed by atoms with Gasteiger partial charge in [-0.1, -0.05) is 22.0 Å².